The van der Waals surface area contributed by atoms with Crippen molar-refractivity contribution in [2.45, 2.75) is 19.3 Å². The number of carbonyl (C=O) groups is 1. The summed E-state index contributed by atoms with van der Waals surface area (Å²) in [4.78, 5) is 33.1. The van der Waals surface area contributed by atoms with E-state index in [9.17, 15) is 4.79 Å². The first-order valence-electron chi connectivity index (χ1n) is 12.3. The van der Waals surface area contributed by atoms with Gasteiger partial charge in [-0.05, 0) is 42.7 Å². The van der Waals surface area contributed by atoms with E-state index in [2.05, 4.69) is 35.5 Å². The summed E-state index contributed by atoms with van der Waals surface area (Å²) in [5.41, 5.74) is 5.33. The number of anilines is 1. The van der Waals surface area contributed by atoms with Crippen LogP contribution in [0.1, 0.15) is 19.3 Å². The standard InChI is InChI=1S/C28H21FN8O/c29-23-22-21(14-32-24(23)17-11-18(13-31-12-17)33-28(38)16-3-1-4-16)36-37-26(22)27-34-20-6-2-5-19(25(20)35-27)15-7-9-30-10-8-15/h2,5-14,16H,1,3-4H2,(H,33,38)(H,34,35)(H,36,37). The van der Waals surface area contributed by atoms with E-state index < -0.39 is 5.82 Å². The second-order valence-corrected chi connectivity index (χ2v) is 9.38. The van der Waals surface area contributed by atoms with Gasteiger partial charge in [0.15, 0.2) is 11.6 Å². The van der Waals surface area contributed by atoms with Gasteiger partial charge in [0, 0.05) is 35.6 Å². The lowest BCUT2D eigenvalue weighted by Crippen LogP contribution is -2.28. The van der Waals surface area contributed by atoms with Crippen LogP contribution in [-0.4, -0.2) is 41.0 Å². The van der Waals surface area contributed by atoms with Crippen LogP contribution in [0.25, 0.3) is 55.8 Å². The zero-order valence-corrected chi connectivity index (χ0v) is 20.1. The minimum Gasteiger partial charge on any atom is -0.337 e. The third-order valence-corrected chi connectivity index (χ3v) is 7.03. The summed E-state index contributed by atoms with van der Waals surface area (Å²) in [7, 11) is 0. The van der Waals surface area contributed by atoms with Crippen molar-refractivity contribution in [1.82, 2.24) is 35.1 Å². The summed E-state index contributed by atoms with van der Waals surface area (Å²) >= 11 is 0. The van der Waals surface area contributed by atoms with Gasteiger partial charge in [-0.2, -0.15) is 5.10 Å². The van der Waals surface area contributed by atoms with Crippen LogP contribution < -0.4 is 5.32 Å². The average Bonchev–Trinajstić information content (AvgIpc) is 3.53. The molecule has 3 N–H and O–H groups in total. The fourth-order valence-electron chi connectivity index (χ4n) is 4.81. The molecule has 0 saturated heterocycles. The van der Waals surface area contributed by atoms with Crippen molar-refractivity contribution in [3.8, 4) is 33.9 Å². The number of para-hydroxylation sites is 1. The van der Waals surface area contributed by atoms with Gasteiger partial charge in [0.2, 0.25) is 5.91 Å². The van der Waals surface area contributed by atoms with E-state index in [1.54, 1.807) is 24.7 Å². The Balaban J connectivity index is 1.30. The van der Waals surface area contributed by atoms with E-state index in [1.165, 1.54) is 12.4 Å². The molecular formula is C28H21FN8O. The smallest absolute Gasteiger partial charge is 0.227 e. The lowest BCUT2D eigenvalue weighted by molar-refractivity contribution is -0.122. The Kier molecular flexibility index (Phi) is 5.17. The van der Waals surface area contributed by atoms with Crippen LogP contribution in [0.3, 0.4) is 0 Å². The number of amides is 1. The van der Waals surface area contributed by atoms with E-state index in [1.807, 2.05) is 30.3 Å². The van der Waals surface area contributed by atoms with Crippen molar-refractivity contribution in [3.05, 3.63) is 73.2 Å². The highest BCUT2D eigenvalue weighted by molar-refractivity contribution is 5.98. The van der Waals surface area contributed by atoms with Crippen LogP contribution >= 0.6 is 0 Å². The van der Waals surface area contributed by atoms with Crippen LogP contribution in [0, 0.1) is 11.7 Å². The topological polar surface area (TPSA) is 125 Å². The van der Waals surface area contributed by atoms with Crippen LogP contribution in [0.2, 0.25) is 0 Å². The fraction of sp³-hybridized carbons (Fsp3) is 0.143. The Labute approximate surface area is 215 Å². The summed E-state index contributed by atoms with van der Waals surface area (Å²) in [6.45, 7) is 0. The van der Waals surface area contributed by atoms with Crippen LogP contribution in [0.4, 0.5) is 10.1 Å². The van der Waals surface area contributed by atoms with Crippen molar-refractivity contribution >= 4 is 33.5 Å². The maximum atomic E-state index is 16.0. The predicted molar refractivity (Wildman–Crippen MR) is 141 cm³/mol. The second-order valence-electron chi connectivity index (χ2n) is 9.38. The van der Waals surface area contributed by atoms with Crippen molar-refractivity contribution in [1.29, 1.82) is 0 Å². The normalized spacial score (nSPS) is 13.6. The molecule has 1 amide bonds. The molecule has 1 aliphatic rings. The first-order chi connectivity index (χ1) is 18.7. The summed E-state index contributed by atoms with van der Waals surface area (Å²) in [5, 5.41) is 10.4. The number of nitrogens with zero attached hydrogens (tertiary/aromatic N) is 5. The zero-order valence-electron chi connectivity index (χ0n) is 20.1. The third kappa shape index (κ3) is 3.69. The molecule has 10 heteroatoms. The Morgan fingerprint density at radius 2 is 1.84 bits per heavy atom. The fourth-order valence-corrected chi connectivity index (χ4v) is 4.81. The number of pyridine rings is 3. The number of aromatic amines is 2. The Morgan fingerprint density at radius 3 is 2.66 bits per heavy atom. The number of aromatic nitrogens is 7. The molecule has 0 bridgehead atoms. The van der Waals surface area contributed by atoms with Gasteiger partial charge in [0.05, 0.1) is 40.0 Å². The zero-order chi connectivity index (χ0) is 25.6. The van der Waals surface area contributed by atoms with E-state index >= 15 is 4.39 Å². The van der Waals surface area contributed by atoms with Gasteiger partial charge in [-0.1, -0.05) is 18.6 Å². The molecular weight excluding hydrogens is 483 g/mol. The number of hydrogen-bond donors (Lipinski definition) is 3. The van der Waals surface area contributed by atoms with Gasteiger partial charge >= 0.3 is 0 Å². The summed E-state index contributed by atoms with van der Waals surface area (Å²) in [6.07, 6.45) is 10.9. The Bertz CT molecular complexity index is 1820. The number of benzene rings is 1. The predicted octanol–water partition coefficient (Wildman–Crippen LogP) is 5.50. The van der Waals surface area contributed by atoms with Crippen LogP contribution in [0.5, 0.6) is 0 Å². The lowest BCUT2D eigenvalue weighted by Gasteiger charge is -2.24. The first kappa shape index (κ1) is 22.2. The minimum absolute atomic E-state index is 0.0289. The molecule has 5 aromatic heterocycles. The monoisotopic (exact) mass is 504 g/mol. The van der Waals surface area contributed by atoms with E-state index in [-0.39, 0.29) is 22.9 Å². The molecule has 0 radical (unpaired) electrons. The molecule has 9 nitrogen and oxygen atoms in total. The van der Waals surface area contributed by atoms with Crippen molar-refractivity contribution in [3.63, 3.8) is 0 Å². The Morgan fingerprint density at radius 1 is 0.974 bits per heavy atom. The van der Waals surface area contributed by atoms with Gasteiger partial charge in [-0.3, -0.25) is 24.8 Å². The highest BCUT2D eigenvalue weighted by Crippen LogP contribution is 2.35. The number of nitrogens with one attached hydrogen (secondary N) is 3. The highest BCUT2D eigenvalue weighted by atomic mass is 19.1. The van der Waals surface area contributed by atoms with Gasteiger partial charge in [-0.15, -0.1) is 0 Å². The number of imidazole rings is 1. The second kappa shape index (κ2) is 8.84. The number of rotatable bonds is 5. The van der Waals surface area contributed by atoms with Gasteiger partial charge in [0.1, 0.15) is 11.4 Å². The summed E-state index contributed by atoms with van der Waals surface area (Å²) in [5.74, 6) is -0.123. The number of fused-ring (bicyclic) bond motifs is 2. The maximum Gasteiger partial charge on any atom is 0.227 e. The lowest BCUT2D eigenvalue weighted by atomic mass is 9.85. The SMILES string of the molecule is O=C(Nc1cncc(-c2ncc3[nH]nc(-c4nc5c(-c6ccncc6)cccc5[nH]4)c3c2F)c1)C1CCC1. The third-order valence-electron chi connectivity index (χ3n) is 7.03. The van der Waals surface area contributed by atoms with Gasteiger partial charge in [-0.25, -0.2) is 9.37 Å². The molecule has 0 atom stereocenters. The number of halogens is 1. The molecule has 0 spiro atoms. The molecule has 1 aromatic carbocycles. The summed E-state index contributed by atoms with van der Waals surface area (Å²) in [6, 6.07) is 11.4. The molecule has 1 saturated carbocycles. The number of carbonyl (C=O) groups excluding carboxylic acids is 1. The van der Waals surface area contributed by atoms with E-state index in [0.29, 0.717) is 28.3 Å². The largest absolute Gasteiger partial charge is 0.337 e. The molecule has 5 heterocycles. The molecule has 1 fully saturated rings. The van der Waals surface area contributed by atoms with Crippen molar-refractivity contribution < 1.29 is 9.18 Å². The van der Waals surface area contributed by atoms with E-state index in [0.717, 1.165) is 41.4 Å². The van der Waals surface area contributed by atoms with Crippen LogP contribution in [0.15, 0.2) is 67.4 Å². The molecule has 0 aliphatic heterocycles. The quantitative estimate of drug-likeness (QED) is 0.285. The number of H-pyrrole nitrogens is 2. The minimum atomic E-state index is -0.551. The highest BCUT2D eigenvalue weighted by Gasteiger charge is 2.26. The maximum absolute atomic E-state index is 16.0. The molecule has 7 rings (SSSR count). The van der Waals surface area contributed by atoms with Crippen molar-refractivity contribution in [2.24, 2.45) is 5.92 Å². The molecule has 1 aliphatic carbocycles. The van der Waals surface area contributed by atoms with E-state index in [4.69, 9.17) is 4.98 Å². The molecule has 0 unspecified atom stereocenters. The number of hydrogen-bond acceptors (Lipinski definition) is 6. The summed E-state index contributed by atoms with van der Waals surface area (Å²) < 4.78 is 16.0. The molecule has 186 valence electrons. The van der Waals surface area contributed by atoms with Gasteiger partial charge < -0.3 is 10.3 Å². The molecule has 38 heavy (non-hydrogen) atoms. The molecule has 6 aromatic rings. The van der Waals surface area contributed by atoms with Gasteiger partial charge in [0.25, 0.3) is 0 Å². The Hall–Kier alpha value is -4.99. The average molecular weight is 505 g/mol. The first-order valence-corrected chi connectivity index (χ1v) is 12.3. The van der Waals surface area contributed by atoms with Crippen molar-refractivity contribution in [2.75, 3.05) is 5.32 Å². The van der Waals surface area contributed by atoms with Crippen LogP contribution in [-0.2, 0) is 4.79 Å².